The van der Waals surface area contributed by atoms with Gasteiger partial charge in [0.1, 0.15) is 17.8 Å². The number of hydrogen-bond acceptors (Lipinski definition) is 4. The highest BCUT2D eigenvalue weighted by Crippen LogP contribution is 2.21. The van der Waals surface area contributed by atoms with Crippen LogP contribution in [-0.4, -0.2) is 26.3 Å². The quantitative estimate of drug-likeness (QED) is 0.681. The lowest BCUT2D eigenvalue weighted by Gasteiger charge is -2.11. The Labute approximate surface area is 118 Å². The van der Waals surface area contributed by atoms with Crippen molar-refractivity contribution in [2.45, 2.75) is 26.3 Å². The topological polar surface area (TPSA) is 55.6 Å². The Kier molecular flexibility index (Phi) is 4.39. The Morgan fingerprint density at radius 3 is 2.33 bits per heavy atom. The van der Waals surface area contributed by atoms with Crippen LogP contribution in [0.4, 0.5) is 23.2 Å². The molecule has 2 heterocycles. The zero-order chi connectivity index (χ0) is 15.6. The molecule has 0 amide bonds. The fraction of sp³-hybridized carbons (Fsp3) is 0.417. The maximum absolute atomic E-state index is 13.4. The predicted octanol–water partition coefficient (Wildman–Crippen LogP) is 2.46. The molecule has 0 aromatic carbocycles. The predicted molar refractivity (Wildman–Crippen MR) is 66.7 cm³/mol. The number of nitrogens with one attached hydrogen (secondary N) is 1. The summed E-state index contributed by atoms with van der Waals surface area (Å²) in [6.45, 7) is 3.88. The molecule has 0 radical (unpaired) electrons. The van der Waals surface area contributed by atoms with Crippen LogP contribution in [0.5, 0.6) is 0 Å². The van der Waals surface area contributed by atoms with Gasteiger partial charge in [0.2, 0.25) is 11.6 Å². The van der Waals surface area contributed by atoms with Gasteiger partial charge in [-0.05, 0) is 13.8 Å². The number of rotatable bonds is 5. The molecule has 0 atom stereocenters. The van der Waals surface area contributed by atoms with Crippen LogP contribution in [0.2, 0.25) is 0 Å². The highest BCUT2D eigenvalue weighted by atomic mass is 19.2. The number of halogens is 4. The van der Waals surface area contributed by atoms with Gasteiger partial charge in [-0.15, -0.1) is 10.2 Å². The maximum atomic E-state index is 13.4. The Bertz CT molecular complexity index is 615. The van der Waals surface area contributed by atoms with E-state index in [0.29, 0.717) is 5.82 Å². The molecule has 0 aliphatic carbocycles. The smallest absolute Gasteiger partial charge is 0.253 e. The third-order valence-electron chi connectivity index (χ3n) is 2.85. The lowest BCUT2D eigenvalue weighted by atomic mass is 10.3. The molecule has 0 saturated carbocycles. The number of pyridine rings is 1. The third kappa shape index (κ3) is 3.11. The van der Waals surface area contributed by atoms with E-state index in [0.717, 1.165) is 0 Å². The lowest BCUT2D eigenvalue weighted by Crippen LogP contribution is -2.14. The van der Waals surface area contributed by atoms with E-state index in [2.05, 4.69) is 20.5 Å². The molecule has 0 aliphatic heterocycles. The van der Waals surface area contributed by atoms with E-state index in [4.69, 9.17) is 0 Å². The SMILES string of the molecule is CC(C)n1cnnc1CCNc1c(F)c(F)nc(F)c1F. The molecule has 1 N–H and O–H groups in total. The summed E-state index contributed by atoms with van der Waals surface area (Å²) in [5.41, 5.74) is -0.879. The van der Waals surface area contributed by atoms with Gasteiger partial charge < -0.3 is 9.88 Å². The van der Waals surface area contributed by atoms with Crippen LogP contribution in [-0.2, 0) is 6.42 Å². The second kappa shape index (κ2) is 6.06. The highest BCUT2D eigenvalue weighted by molar-refractivity contribution is 5.45. The summed E-state index contributed by atoms with van der Waals surface area (Å²) in [6.07, 6.45) is 1.82. The van der Waals surface area contributed by atoms with Gasteiger partial charge in [-0.2, -0.15) is 22.5 Å². The lowest BCUT2D eigenvalue weighted by molar-refractivity contribution is 0.410. The largest absolute Gasteiger partial charge is 0.380 e. The maximum Gasteiger partial charge on any atom is 0.253 e. The van der Waals surface area contributed by atoms with Gasteiger partial charge in [0.25, 0.3) is 11.9 Å². The molecule has 0 aliphatic rings. The summed E-state index contributed by atoms with van der Waals surface area (Å²) < 4.78 is 54.4. The van der Waals surface area contributed by atoms with Crippen molar-refractivity contribution >= 4 is 5.69 Å². The Morgan fingerprint density at radius 2 is 1.76 bits per heavy atom. The van der Waals surface area contributed by atoms with E-state index in [1.807, 2.05) is 13.8 Å². The first-order chi connectivity index (χ1) is 9.91. The molecule has 2 rings (SSSR count). The van der Waals surface area contributed by atoms with Crippen LogP contribution in [0.25, 0.3) is 0 Å². The van der Waals surface area contributed by atoms with Crippen LogP contribution in [0.15, 0.2) is 6.33 Å². The molecule has 114 valence electrons. The van der Waals surface area contributed by atoms with Gasteiger partial charge >= 0.3 is 0 Å². The van der Waals surface area contributed by atoms with Crippen molar-refractivity contribution in [2.24, 2.45) is 0 Å². The molecule has 21 heavy (non-hydrogen) atoms. The molecule has 0 unspecified atom stereocenters. The van der Waals surface area contributed by atoms with E-state index in [9.17, 15) is 17.6 Å². The van der Waals surface area contributed by atoms with E-state index >= 15 is 0 Å². The molecular weight excluding hydrogens is 290 g/mol. The van der Waals surface area contributed by atoms with Crippen molar-refractivity contribution < 1.29 is 17.6 Å². The summed E-state index contributed by atoms with van der Waals surface area (Å²) in [7, 11) is 0. The van der Waals surface area contributed by atoms with Gasteiger partial charge in [-0.25, -0.2) is 0 Å². The summed E-state index contributed by atoms with van der Waals surface area (Å²) in [5, 5.41) is 9.93. The van der Waals surface area contributed by atoms with Crippen molar-refractivity contribution in [1.29, 1.82) is 0 Å². The molecule has 0 fully saturated rings. The van der Waals surface area contributed by atoms with E-state index in [1.54, 1.807) is 4.57 Å². The van der Waals surface area contributed by atoms with Gasteiger partial charge in [-0.1, -0.05) is 0 Å². The van der Waals surface area contributed by atoms with Crippen molar-refractivity contribution in [1.82, 2.24) is 19.7 Å². The number of nitrogens with zero attached hydrogens (tertiary/aromatic N) is 4. The molecule has 0 spiro atoms. The van der Waals surface area contributed by atoms with Crippen LogP contribution >= 0.6 is 0 Å². The second-order valence-electron chi connectivity index (χ2n) is 4.62. The summed E-state index contributed by atoms with van der Waals surface area (Å²) in [6, 6.07) is 0.124. The highest BCUT2D eigenvalue weighted by Gasteiger charge is 2.20. The first-order valence-corrected chi connectivity index (χ1v) is 6.24. The molecular formula is C12H13F4N5. The average Bonchev–Trinajstić information content (AvgIpc) is 2.89. The Balaban J connectivity index is 2.09. The minimum atomic E-state index is -1.69. The fourth-order valence-corrected chi connectivity index (χ4v) is 1.82. The number of anilines is 1. The van der Waals surface area contributed by atoms with Crippen molar-refractivity contribution in [3.8, 4) is 0 Å². The first kappa shape index (κ1) is 15.2. The molecule has 2 aromatic heterocycles. The molecule has 0 bridgehead atoms. The Hall–Kier alpha value is -2.19. The second-order valence-corrected chi connectivity index (χ2v) is 4.62. The fourth-order valence-electron chi connectivity index (χ4n) is 1.82. The van der Waals surface area contributed by atoms with Gasteiger partial charge in [0, 0.05) is 19.0 Å². The summed E-state index contributed by atoms with van der Waals surface area (Å²) in [4.78, 5) is 2.48. The Morgan fingerprint density at radius 1 is 1.14 bits per heavy atom. The zero-order valence-corrected chi connectivity index (χ0v) is 11.4. The minimum Gasteiger partial charge on any atom is -0.380 e. The van der Waals surface area contributed by atoms with E-state index in [1.165, 1.54) is 6.33 Å². The molecule has 2 aromatic rings. The first-order valence-electron chi connectivity index (χ1n) is 6.24. The average molecular weight is 303 g/mol. The molecule has 9 heteroatoms. The normalized spacial score (nSPS) is 11.2. The summed E-state index contributed by atoms with van der Waals surface area (Å²) in [5.74, 6) is -5.91. The van der Waals surface area contributed by atoms with Gasteiger partial charge in [0.05, 0.1) is 0 Å². The molecule has 0 saturated heterocycles. The minimum absolute atomic E-state index is 0.0299. The van der Waals surface area contributed by atoms with Crippen LogP contribution in [0.1, 0.15) is 25.7 Å². The van der Waals surface area contributed by atoms with Gasteiger partial charge in [0.15, 0.2) is 0 Å². The number of hydrogen-bond donors (Lipinski definition) is 1. The van der Waals surface area contributed by atoms with Crippen molar-refractivity contribution in [3.05, 3.63) is 35.7 Å². The van der Waals surface area contributed by atoms with Crippen LogP contribution < -0.4 is 5.32 Å². The van der Waals surface area contributed by atoms with Crippen molar-refractivity contribution in [3.63, 3.8) is 0 Å². The van der Waals surface area contributed by atoms with Crippen LogP contribution in [0.3, 0.4) is 0 Å². The van der Waals surface area contributed by atoms with Crippen LogP contribution in [0, 0.1) is 23.5 Å². The zero-order valence-electron chi connectivity index (χ0n) is 11.4. The molecule has 5 nitrogen and oxygen atoms in total. The number of aromatic nitrogens is 4. The van der Waals surface area contributed by atoms with Gasteiger partial charge in [-0.3, -0.25) is 0 Å². The van der Waals surface area contributed by atoms with E-state index < -0.39 is 29.2 Å². The summed E-state index contributed by atoms with van der Waals surface area (Å²) >= 11 is 0. The monoisotopic (exact) mass is 303 g/mol. The standard InChI is InChI=1S/C12H13F4N5/c1-6(2)21-5-18-20-7(21)3-4-17-10-8(13)11(15)19-12(16)9(10)14/h5-6H,3-4H2,1-2H3,(H,17,19). The third-order valence-corrected chi connectivity index (χ3v) is 2.85. The van der Waals surface area contributed by atoms with Crippen molar-refractivity contribution in [2.75, 3.05) is 11.9 Å². The van der Waals surface area contributed by atoms with E-state index in [-0.39, 0.29) is 19.0 Å².